The van der Waals surface area contributed by atoms with Crippen LogP contribution in [0, 0.1) is 13.8 Å². The predicted molar refractivity (Wildman–Crippen MR) is 73.2 cm³/mol. The van der Waals surface area contributed by atoms with Crippen molar-refractivity contribution in [2.45, 2.75) is 33.4 Å². The van der Waals surface area contributed by atoms with Gasteiger partial charge in [-0.15, -0.1) is 24.8 Å². The molecule has 1 aliphatic rings. The van der Waals surface area contributed by atoms with Crippen molar-refractivity contribution in [2.24, 2.45) is 0 Å². The molecule has 1 unspecified atom stereocenters. The molecular weight excluding hydrogens is 261 g/mol. The highest BCUT2D eigenvalue weighted by molar-refractivity contribution is 5.85. The Balaban J connectivity index is 0.00000128. The number of rotatable bonds is 2. The van der Waals surface area contributed by atoms with E-state index in [2.05, 4.69) is 22.1 Å². The molecule has 1 saturated heterocycles. The van der Waals surface area contributed by atoms with Crippen LogP contribution in [0.25, 0.3) is 0 Å². The largest absolute Gasteiger partial charge is 0.444 e. The zero-order chi connectivity index (χ0) is 10.8. The molecule has 0 radical (unpaired) electrons. The van der Waals surface area contributed by atoms with Crippen LogP contribution < -0.4 is 5.32 Å². The minimum atomic E-state index is 0. The second-order valence-electron chi connectivity index (χ2n) is 4.27. The first-order valence-electron chi connectivity index (χ1n) is 5.54. The maximum Gasteiger partial charge on any atom is 0.208 e. The molecule has 1 aromatic heterocycles. The average Bonchev–Trinajstić information content (AvgIpc) is 2.50. The van der Waals surface area contributed by atoms with Crippen LogP contribution in [0.15, 0.2) is 4.42 Å². The summed E-state index contributed by atoms with van der Waals surface area (Å²) in [6, 6.07) is 0.561. The van der Waals surface area contributed by atoms with Crippen LogP contribution in [0.3, 0.4) is 0 Å². The molecule has 0 spiro atoms. The zero-order valence-electron chi connectivity index (χ0n) is 10.5. The molecule has 1 atom stereocenters. The van der Waals surface area contributed by atoms with Crippen LogP contribution in [0.5, 0.6) is 0 Å². The van der Waals surface area contributed by atoms with Gasteiger partial charge < -0.3 is 9.73 Å². The molecule has 2 heterocycles. The Morgan fingerprint density at radius 2 is 2.12 bits per heavy atom. The van der Waals surface area contributed by atoms with E-state index < -0.39 is 0 Å². The number of piperazine rings is 1. The fraction of sp³-hybridized carbons (Fsp3) is 0.727. The molecule has 6 heteroatoms. The Bertz CT molecular complexity index is 324. The number of aryl methyl sites for hydroxylation is 2. The van der Waals surface area contributed by atoms with Crippen LogP contribution in [0.4, 0.5) is 0 Å². The van der Waals surface area contributed by atoms with E-state index in [9.17, 15) is 0 Å². The Labute approximate surface area is 115 Å². The topological polar surface area (TPSA) is 41.3 Å². The van der Waals surface area contributed by atoms with Crippen LogP contribution in [0.2, 0.25) is 0 Å². The zero-order valence-corrected chi connectivity index (χ0v) is 12.2. The molecular formula is C11H21Cl2N3O. The van der Waals surface area contributed by atoms with Gasteiger partial charge in [-0.1, -0.05) is 0 Å². The molecule has 1 aromatic rings. The first-order chi connectivity index (χ1) is 7.16. The van der Waals surface area contributed by atoms with Crippen molar-refractivity contribution in [1.82, 2.24) is 15.2 Å². The monoisotopic (exact) mass is 281 g/mol. The summed E-state index contributed by atoms with van der Waals surface area (Å²) in [5, 5.41) is 3.37. The summed E-state index contributed by atoms with van der Waals surface area (Å²) < 4.78 is 5.59. The van der Waals surface area contributed by atoms with Gasteiger partial charge in [-0.05, 0) is 20.8 Å². The minimum Gasteiger partial charge on any atom is -0.444 e. The van der Waals surface area contributed by atoms with Crippen molar-refractivity contribution in [2.75, 3.05) is 19.6 Å². The summed E-state index contributed by atoms with van der Waals surface area (Å²) in [5.74, 6) is 1.78. The van der Waals surface area contributed by atoms with E-state index >= 15 is 0 Å². The summed E-state index contributed by atoms with van der Waals surface area (Å²) in [6.45, 7) is 10.2. The number of nitrogens with zero attached hydrogens (tertiary/aromatic N) is 2. The van der Waals surface area contributed by atoms with Gasteiger partial charge in [-0.2, -0.15) is 0 Å². The summed E-state index contributed by atoms with van der Waals surface area (Å²) in [6.07, 6.45) is 0. The second-order valence-corrected chi connectivity index (χ2v) is 4.27. The lowest BCUT2D eigenvalue weighted by molar-refractivity contribution is 0.150. The van der Waals surface area contributed by atoms with Gasteiger partial charge >= 0.3 is 0 Å². The van der Waals surface area contributed by atoms with Gasteiger partial charge in [-0.25, -0.2) is 4.98 Å². The molecule has 100 valence electrons. The summed E-state index contributed by atoms with van der Waals surface area (Å²) in [7, 11) is 0. The summed E-state index contributed by atoms with van der Waals surface area (Å²) >= 11 is 0. The molecule has 0 bridgehead atoms. The lowest BCUT2D eigenvalue weighted by Crippen LogP contribution is -2.49. The fourth-order valence-electron chi connectivity index (χ4n) is 1.90. The van der Waals surface area contributed by atoms with E-state index in [-0.39, 0.29) is 24.8 Å². The highest BCUT2D eigenvalue weighted by Crippen LogP contribution is 2.13. The third-order valence-corrected chi connectivity index (χ3v) is 3.05. The van der Waals surface area contributed by atoms with Gasteiger partial charge in [0.1, 0.15) is 5.76 Å². The van der Waals surface area contributed by atoms with E-state index in [0.717, 1.165) is 43.5 Å². The van der Waals surface area contributed by atoms with Crippen LogP contribution >= 0.6 is 24.8 Å². The number of hydrogen-bond acceptors (Lipinski definition) is 4. The maximum absolute atomic E-state index is 5.59. The number of oxazole rings is 1. The minimum absolute atomic E-state index is 0. The third-order valence-electron chi connectivity index (χ3n) is 3.05. The third kappa shape index (κ3) is 4.14. The lowest BCUT2D eigenvalue weighted by Gasteiger charge is -2.32. The smallest absolute Gasteiger partial charge is 0.208 e. The van der Waals surface area contributed by atoms with Gasteiger partial charge in [0, 0.05) is 25.7 Å². The van der Waals surface area contributed by atoms with Crippen LogP contribution in [-0.4, -0.2) is 35.6 Å². The molecule has 17 heavy (non-hydrogen) atoms. The number of aromatic nitrogens is 1. The summed E-state index contributed by atoms with van der Waals surface area (Å²) in [4.78, 5) is 6.81. The van der Waals surface area contributed by atoms with Crippen molar-refractivity contribution in [1.29, 1.82) is 0 Å². The Hall–Kier alpha value is -0.290. The second kappa shape index (κ2) is 7.21. The molecule has 4 nitrogen and oxygen atoms in total. The molecule has 1 fully saturated rings. The lowest BCUT2D eigenvalue weighted by atomic mass is 10.2. The quantitative estimate of drug-likeness (QED) is 0.900. The molecule has 0 amide bonds. The van der Waals surface area contributed by atoms with Gasteiger partial charge in [0.25, 0.3) is 0 Å². The van der Waals surface area contributed by atoms with Crippen LogP contribution in [-0.2, 0) is 6.54 Å². The SMILES string of the molecule is Cc1nc(CN2CCNCC2C)oc1C.Cl.Cl. The highest BCUT2D eigenvalue weighted by Gasteiger charge is 2.19. The van der Waals surface area contributed by atoms with E-state index in [1.807, 2.05) is 13.8 Å². The number of hydrogen-bond donors (Lipinski definition) is 1. The average molecular weight is 282 g/mol. The first kappa shape index (κ1) is 16.7. The normalized spacial score (nSPS) is 20.5. The van der Waals surface area contributed by atoms with Gasteiger partial charge in [0.15, 0.2) is 0 Å². The number of halogens is 2. The summed E-state index contributed by atoms with van der Waals surface area (Å²) in [5.41, 5.74) is 1.01. The van der Waals surface area contributed by atoms with Crippen molar-refractivity contribution in [3.8, 4) is 0 Å². The van der Waals surface area contributed by atoms with E-state index in [0.29, 0.717) is 6.04 Å². The predicted octanol–water partition coefficient (Wildman–Crippen LogP) is 1.93. The Kier molecular flexibility index (Phi) is 7.09. The molecule has 1 N–H and O–H groups in total. The standard InChI is InChI=1S/C11H19N3O.2ClH/c1-8-6-12-4-5-14(8)7-11-13-9(2)10(3)15-11;;/h8,12H,4-7H2,1-3H3;2*1H. The first-order valence-corrected chi connectivity index (χ1v) is 5.54. The van der Waals surface area contributed by atoms with Gasteiger partial charge in [-0.3, -0.25) is 4.90 Å². The van der Waals surface area contributed by atoms with Crippen molar-refractivity contribution in [3.63, 3.8) is 0 Å². The number of nitrogens with one attached hydrogen (secondary N) is 1. The Morgan fingerprint density at radius 1 is 1.41 bits per heavy atom. The molecule has 0 saturated carbocycles. The molecule has 0 aromatic carbocycles. The molecule has 2 rings (SSSR count). The fourth-order valence-corrected chi connectivity index (χ4v) is 1.90. The molecule has 1 aliphatic heterocycles. The van der Waals surface area contributed by atoms with Crippen LogP contribution in [0.1, 0.15) is 24.3 Å². The van der Waals surface area contributed by atoms with Crippen molar-refractivity contribution < 1.29 is 4.42 Å². The van der Waals surface area contributed by atoms with Crippen molar-refractivity contribution in [3.05, 3.63) is 17.3 Å². The van der Waals surface area contributed by atoms with E-state index in [1.165, 1.54) is 0 Å². The van der Waals surface area contributed by atoms with Gasteiger partial charge in [0.2, 0.25) is 5.89 Å². The van der Waals surface area contributed by atoms with Crippen molar-refractivity contribution >= 4 is 24.8 Å². The maximum atomic E-state index is 5.59. The van der Waals surface area contributed by atoms with E-state index in [4.69, 9.17) is 4.42 Å². The highest BCUT2D eigenvalue weighted by atomic mass is 35.5. The van der Waals surface area contributed by atoms with Gasteiger partial charge in [0.05, 0.1) is 12.2 Å². The Morgan fingerprint density at radius 3 is 2.65 bits per heavy atom. The molecule has 0 aliphatic carbocycles. The van der Waals surface area contributed by atoms with E-state index in [1.54, 1.807) is 0 Å².